The molecule has 0 aliphatic heterocycles. The van der Waals surface area contributed by atoms with Crippen LogP contribution in [0.15, 0.2) is 24.3 Å². The Hall–Kier alpha value is -2.37. The van der Waals surface area contributed by atoms with Crippen LogP contribution in [0.2, 0.25) is 0 Å². The highest BCUT2D eigenvalue weighted by Gasteiger charge is 2.22. The van der Waals surface area contributed by atoms with Crippen molar-refractivity contribution >= 4 is 23.4 Å². The van der Waals surface area contributed by atoms with Gasteiger partial charge in [-0.1, -0.05) is 58.7 Å². The number of nitrogens with zero attached hydrogens (tertiary/aromatic N) is 1. The Labute approximate surface area is 181 Å². The molecule has 2 N–H and O–H groups in total. The molecule has 0 aliphatic rings. The maximum atomic E-state index is 12.8. The van der Waals surface area contributed by atoms with Crippen molar-refractivity contribution in [1.82, 2.24) is 10.2 Å². The molecule has 6 heteroatoms. The van der Waals surface area contributed by atoms with Gasteiger partial charge in [0.1, 0.15) is 0 Å². The van der Waals surface area contributed by atoms with Gasteiger partial charge in [0, 0.05) is 18.7 Å². The molecule has 6 nitrogen and oxygen atoms in total. The van der Waals surface area contributed by atoms with Crippen LogP contribution >= 0.6 is 0 Å². The van der Waals surface area contributed by atoms with Gasteiger partial charge in [-0.25, -0.2) is 0 Å². The lowest BCUT2D eigenvalue weighted by atomic mass is 9.84. The normalized spacial score (nSPS) is 12.2. The van der Waals surface area contributed by atoms with Gasteiger partial charge in [-0.3, -0.25) is 14.4 Å². The third-order valence-electron chi connectivity index (χ3n) is 4.73. The van der Waals surface area contributed by atoms with Crippen molar-refractivity contribution in [3.8, 4) is 0 Å². The van der Waals surface area contributed by atoms with E-state index in [0.29, 0.717) is 18.7 Å². The largest absolute Gasteiger partial charge is 0.345 e. The second kappa shape index (κ2) is 12.4. The lowest BCUT2D eigenvalue weighted by molar-refractivity contribution is -0.137. The predicted molar refractivity (Wildman–Crippen MR) is 122 cm³/mol. The maximum Gasteiger partial charge on any atom is 0.243 e. The molecular weight excluding hydrogens is 378 g/mol. The minimum Gasteiger partial charge on any atom is -0.345 e. The number of anilines is 1. The number of nitrogens with one attached hydrogen (secondary N) is 2. The van der Waals surface area contributed by atoms with Crippen LogP contribution in [-0.2, 0) is 14.4 Å². The van der Waals surface area contributed by atoms with Crippen molar-refractivity contribution in [2.75, 3.05) is 25.0 Å². The van der Waals surface area contributed by atoms with Gasteiger partial charge in [-0.15, -0.1) is 0 Å². The van der Waals surface area contributed by atoms with Crippen LogP contribution in [0.25, 0.3) is 0 Å². The number of rotatable bonds is 11. The van der Waals surface area contributed by atoms with Crippen molar-refractivity contribution in [2.24, 2.45) is 11.3 Å². The molecule has 168 valence electrons. The topological polar surface area (TPSA) is 78.5 Å². The summed E-state index contributed by atoms with van der Waals surface area (Å²) < 4.78 is 0. The molecule has 0 fully saturated rings. The van der Waals surface area contributed by atoms with Gasteiger partial charge in [-0.2, -0.15) is 0 Å². The maximum absolute atomic E-state index is 12.8. The third kappa shape index (κ3) is 11.0. The average Bonchev–Trinajstić information content (AvgIpc) is 2.63. The Kier molecular flexibility index (Phi) is 10.6. The first-order valence-electron chi connectivity index (χ1n) is 10.9. The summed E-state index contributed by atoms with van der Waals surface area (Å²) in [5.41, 5.74) is 1.96. The van der Waals surface area contributed by atoms with E-state index in [9.17, 15) is 14.4 Å². The van der Waals surface area contributed by atoms with E-state index in [2.05, 4.69) is 45.3 Å². The number of carbonyl (C=O) groups is 3. The van der Waals surface area contributed by atoms with Crippen molar-refractivity contribution in [1.29, 1.82) is 0 Å². The summed E-state index contributed by atoms with van der Waals surface area (Å²) in [6.07, 6.45) is 3.18. The number of carbonyl (C=O) groups excluding carboxylic acids is 3. The molecule has 0 spiro atoms. The summed E-state index contributed by atoms with van der Waals surface area (Å²) in [5, 5.41) is 5.37. The molecule has 0 bridgehead atoms. The molecule has 1 rings (SSSR count). The quantitative estimate of drug-likeness (QED) is 0.568. The Bertz CT molecular complexity index is 693. The molecule has 0 heterocycles. The monoisotopic (exact) mass is 417 g/mol. The number of hydrogen-bond donors (Lipinski definition) is 2. The summed E-state index contributed by atoms with van der Waals surface area (Å²) in [6.45, 7) is 13.0. The van der Waals surface area contributed by atoms with Gasteiger partial charge in [0.15, 0.2) is 0 Å². The first-order chi connectivity index (χ1) is 14.0. The molecule has 0 saturated carbocycles. The van der Waals surface area contributed by atoms with Crippen LogP contribution in [0.5, 0.6) is 0 Å². The highest BCUT2D eigenvalue weighted by atomic mass is 16.2. The van der Waals surface area contributed by atoms with E-state index in [4.69, 9.17) is 0 Å². The summed E-state index contributed by atoms with van der Waals surface area (Å²) in [6, 6.07) is 7.45. The molecule has 0 saturated heterocycles. The summed E-state index contributed by atoms with van der Waals surface area (Å²) in [5.74, 6) is -0.358. The van der Waals surface area contributed by atoms with Gasteiger partial charge in [0.2, 0.25) is 17.7 Å². The first-order valence-corrected chi connectivity index (χ1v) is 10.9. The van der Waals surface area contributed by atoms with E-state index in [1.807, 2.05) is 31.2 Å². The van der Waals surface area contributed by atoms with Gasteiger partial charge in [0.05, 0.1) is 13.1 Å². The molecule has 0 aromatic heterocycles. The standard InChI is InChI=1S/C24H39N3O3/c1-7-8-13-27(23(30)14-19(3)15-24(4,5)6)17-22(29)25-16-21(28)26-20-11-9-18(2)10-12-20/h9-12,19H,7-8,13-17H2,1-6H3,(H,25,29)(H,26,28)/t19-/m1/s1. The Balaban J connectivity index is 2.53. The Morgan fingerprint density at radius 2 is 1.70 bits per heavy atom. The Morgan fingerprint density at radius 3 is 2.27 bits per heavy atom. The first kappa shape index (κ1) is 25.7. The zero-order valence-corrected chi connectivity index (χ0v) is 19.5. The van der Waals surface area contributed by atoms with Crippen LogP contribution in [0, 0.1) is 18.3 Å². The predicted octanol–water partition coefficient (Wildman–Crippen LogP) is 4.14. The Morgan fingerprint density at radius 1 is 1.07 bits per heavy atom. The smallest absolute Gasteiger partial charge is 0.243 e. The lowest BCUT2D eigenvalue weighted by Gasteiger charge is -2.26. The molecule has 1 aromatic carbocycles. The summed E-state index contributed by atoms with van der Waals surface area (Å²) in [4.78, 5) is 38.8. The van der Waals surface area contributed by atoms with E-state index >= 15 is 0 Å². The van der Waals surface area contributed by atoms with Crippen molar-refractivity contribution in [3.05, 3.63) is 29.8 Å². The van der Waals surface area contributed by atoms with Crippen LogP contribution in [-0.4, -0.2) is 42.3 Å². The van der Waals surface area contributed by atoms with Gasteiger partial charge < -0.3 is 15.5 Å². The van der Waals surface area contributed by atoms with Gasteiger partial charge >= 0.3 is 0 Å². The fourth-order valence-corrected chi connectivity index (χ4v) is 3.44. The van der Waals surface area contributed by atoms with Gasteiger partial charge in [0.25, 0.3) is 0 Å². The average molecular weight is 418 g/mol. The van der Waals surface area contributed by atoms with E-state index < -0.39 is 0 Å². The van der Waals surface area contributed by atoms with E-state index in [-0.39, 0.29) is 42.1 Å². The minimum atomic E-state index is -0.318. The molecular formula is C24H39N3O3. The van der Waals surface area contributed by atoms with Crippen molar-refractivity contribution in [3.63, 3.8) is 0 Å². The van der Waals surface area contributed by atoms with Crippen LogP contribution in [0.1, 0.15) is 65.9 Å². The SMILES string of the molecule is CCCCN(CC(=O)NCC(=O)Nc1ccc(C)cc1)C(=O)C[C@@H](C)CC(C)(C)C. The molecule has 1 atom stereocenters. The molecule has 0 aliphatic carbocycles. The van der Waals surface area contributed by atoms with E-state index in [0.717, 1.165) is 24.8 Å². The summed E-state index contributed by atoms with van der Waals surface area (Å²) >= 11 is 0. The number of benzene rings is 1. The molecule has 30 heavy (non-hydrogen) atoms. The van der Waals surface area contributed by atoms with Gasteiger partial charge in [-0.05, 0) is 43.2 Å². The number of hydrogen-bond acceptors (Lipinski definition) is 3. The number of aryl methyl sites for hydroxylation is 1. The fraction of sp³-hybridized carbons (Fsp3) is 0.625. The molecule has 3 amide bonds. The van der Waals surface area contributed by atoms with Crippen LogP contribution in [0.3, 0.4) is 0 Å². The van der Waals surface area contributed by atoms with Crippen molar-refractivity contribution < 1.29 is 14.4 Å². The van der Waals surface area contributed by atoms with E-state index in [1.165, 1.54) is 0 Å². The fourth-order valence-electron chi connectivity index (χ4n) is 3.44. The minimum absolute atomic E-state index is 0.000503. The van der Waals surface area contributed by atoms with Crippen molar-refractivity contribution in [2.45, 2.75) is 67.2 Å². The lowest BCUT2D eigenvalue weighted by Crippen LogP contribution is -2.43. The summed E-state index contributed by atoms with van der Waals surface area (Å²) in [7, 11) is 0. The van der Waals surface area contributed by atoms with Crippen LogP contribution < -0.4 is 10.6 Å². The highest BCUT2D eigenvalue weighted by molar-refractivity contribution is 5.95. The zero-order valence-electron chi connectivity index (χ0n) is 19.5. The molecule has 0 unspecified atom stereocenters. The third-order valence-corrected chi connectivity index (χ3v) is 4.73. The van der Waals surface area contributed by atoms with Crippen LogP contribution in [0.4, 0.5) is 5.69 Å². The number of unbranched alkanes of at least 4 members (excludes halogenated alkanes) is 1. The molecule has 0 radical (unpaired) electrons. The number of amides is 3. The highest BCUT2D eigenvalue weighted by Crippen LogP contribution is 2.26. The molecule has 1 aromatic rings. The second-order valence-corrected chi connectivity index (χ2v) is 9.43. The van der Waals surface area contributed by atoms with E-state index in [1.54, 1.807) is 4.90 Å². The second-order valence-electron chi connectivity index (χ2n) is 9.43. The zero-order chi connectivity index (χ0) is 22.7.